The van der Waals surface area contributed by atoms with Crippen molar-refractivity contribution >= 4 is 0 Å². The van der Waals surface area contributed by atoms with E-state index in [4.69, 9.17) is 0 Å². The minimum atomic E-state index is -4.21. The first-order valence-electron chi connectivity index (χ1n) is 7.51. The average Bonchev–Trinajstić information content (AvgIpc) is 2.51. The number of nitrogens with zero attached hydrogens (tertiary/aromatic N) is 4. The summed E-state index contributed by atoms with van der Waals surface area (Å²) in [6, 6.07) is -0.695. The van der Waals surface area contributed by atoms with Crippen LogP contribution in [-0.4, -0.2) is 32.2 Å². The molecule has 130 valence electrons. The fourth-order valence-electron chi connectivity index (χ4n) is 2.17. The zero-order valence-corrected chi connectivity index (χ0v) is 13.8. The van der Waals surface area contributed by atoms with Crippen molar-refractivity contribution in [1.29, 1.82) is 0 Å². The summed E-state index contributed by atoms with van der Waals surface area (Å²) in [7, 11) is 0. The van der Waals surface area contributed by atoms with E-state index in [9.17, 15) is 13.2 Å². The summed E-state index contributed by atoms with van der Waals surface area (Å²) in [5.74, 6) is 0.474. The van der Waals surface area contributed by atoms with Gasteiger partial charge in [-0.05, 0) is 5.41 Å². The Labute approximate surface area is 138 Å². The highest BCUT2D eigenvalue weighted by molar-refractivity contribution is 5.50. The van der Waals surface area contributed by atoms with Gasteiger partial charge in [-0.25, -0.2) is 19.9 Å². The van der Waals surface area contributed by atoms with Crippen molar-refractivity contribution in [3.63, 3.8) is 0 Å². The lowest BCUT2D eigenvalue weighted by molar-refractivity contribution is -0.146. The summed E-state index contributed by atoms with van der Waals surface area (Å²) in [6.07, 6.45) is 2.70. The maximum absolute atomic E-state index is 12.7. The maximum atomic E-state index is 12.7. The number of hydrogen-bond acceptors (Lipinski definition) is 5. The van der Waals surface area contributed by atoms with Crippen LogP contribution >= 0.6 is 0 Å². The maximum Gasteiger partial charge on any atom is 0.390 e. The van der Waals surface area contributed by atoms with Crippen molar-refractivity contribution < 1.29 is 13.2 Å². The molecule has 2 heterocycles. The van der Waals surface area contributed by atoms with E-state index in [0.717, 1.165) is 0 Å². The van der Waals surface area contributed by atoms with Crippen LogP contribution in [0.15, 0.2) is 31.1 Å². The molecule has 0 bridgehead atoms. The molecule has 0 saturated carbocycles. The molecule has 0 spiro atoms. The molecule has 0 aliphatic rings. The zero-order valence-electron chi connectivity index (χ0n) is 13.8. The SMILES string of the molecule is CC(C)(C)C(CC(F)(F)F)NCc1cnc(-c2cncnc2)nc1. The number of halogens is 3. The van der Waals surface area contributed by atoms with Gasteiger partial charge in [0.2, 0.25) is 0 Å². The third-order valence-electron chi connectivity index (χ3n) is 3.56. The number of aromatic nitrogens is 4. The Morgan fingerprint density at radius 1 is 1.00 bits per heavy atom. The van der Waals surface area contributed by atoms with Gasteiger partial charge < -0.3 is 5.32 Å². The molecular formula is C16H20F3N5. The highest BCUT2D eigenvalue weighted by atomic mass is 19.4. The van der Waals surface area contributed by atoms with Gasteiger partial charge in [0, 0.05) is 42.9 Å². The molecule has 24 heavy (non-hydrogen) atoms. The van der Waals surface area contributed by atoms with E-state index >= 15 is 0 Å². The molecule has 0 saturated heterocycles. The van der Waals surface area contributed by atoms with Crippen molar-refractivity contribution in [2.45, 2.75) is 46.0 Å². The van der Waals surface area contributed by atoms with E-state index in [2.05, 4.69) is 25.3 Å². The molecule has 5 nitrogen and oxygen atoms in total. The standard InChI is InChI=1S/C16H20F3N5/c1-15(2,3)13(4-16(17,18)19)22-5-11-6-23-14(24-7-11)12-8-20-10-21-9-12/h6-10,13,22H,4-5H2,1-3H3. The van der Waals surface area contributed by atoms with Crippen LogP contribution in [0.1, 0.15) is 32.8 Å². The number of hydrogen-bond donors (Lipinski definition) is 1. The molecule has 0 amide bonds. The van der Waals surface area contributed by atoms with Gasteiger partial charge in [-0.15, -0.1) is 0 Å². The van der Waals surface area contributed by atoms with Crippen molar-refractivity contribution in [2.24, 2.45) is 5.41 Å². The predicted octanol–water partition coefficient (Wildman–Crippen LogP) is 3.39. The van der Waals surface area contributed by atoms with E-state index in [1.807, 2.05) is 0 Å². The minimum Gasteiger partial charge on any atom is -0.309 e. The second-order valence-electron chi connectivity index (χ2n) is 6.66. The number of alkyl halides is 3. The fourth-order valence-corrected chi connectivity index (χ4v) is 2.17. The molecule has 2 aromatic rings. The van der Waals surface area contributed by atoms with Crippen molar-refractivity contribution in [1.82, 2.24) is 25.3 Å². The quantitative estimate of drug-likeness (QED) is 0.905. The van der Waals surface area contributed by atoms with Gasteiger partial charge in [0.25, 0.3) is 0 Å². The smallest absolute Gasteiger partial charge is 0.309 e. The van der Waals surface area contributed by atoms with Crippen LogP contribution in [0.3, 0.4) is 0 Å². The Hall–Kier alpha value is -2.09. The second kappa shape index (κ2) is 7.21. The molecule has 0 radical (unpaired) electrons. The van der Waals surface area contributed by atoms with Gasteiger partial charge in [-0.2, -0.15) is 13.2 Å². The van der Waals surface area contributed by atoms with Crippen LogP contribution in [0.5, 0.6) is 0 Å². The van der Waals surface area contributed by atoms with Crippen LogP contribution in [0.4, 0.5) is 13.2 Å². The number of nitrogens with one attached hydrogen (secondary N) is 1. The fraction of sp³-hybridized carbons (Fsp3) is 0.500. The molecular weight excluding hydrogens is 319 g/mol. The van der Waals surface area contributed by atoms with Gasteiger partial charge in [0.15, 0.2) is 5.82 Å². The van der Waals surface area contributed by atoms with Crippen LogP contribution in [0.2, 0.25) is 0 Å². The van der Waals surface area contributed by atoms with Crippen LogP contribution in [-0.2, 0) is 6.54 Å². The average molecular weight is 339 g/mol. The van der Waals surface area contributed by atoms with E-state index in [-0.39, 0.29) is 6.54 Å². The highest BCUT2D eigenvalue weighted by Crippen LogP contribution is 2.30. The summed E-state index contributed by atoms with van der Waals surface area (Å²) in [6.45, 7) is 5.62. The molecule has 2 aromatic heterocycles. The Morgan fingerprint density at radius 3 is 2.08 bits per heavy atom. The summed E-state index contributed by atoms with van der Waals surface area (Å²) in [5.41, 5.74) is 0.881. The third-order valence-corrected chi connectivity index (χ3v) is 3.56. The van der Waals surface area contributed by atoms with Gasteiger partial charge >= 0.3 is 6.18 Å². The molecule has 0 aliphatic heterocycles. The Bertz CT molecular complexity index is 636. The zero-order chi connectivity index (χ0) is 17.8. The van der Waals surface area contributed by atoms with E-state index in [0.29, 0.717) is 17.0 Å². The van der Waals surface area contributed by atoms with Crippen LogP contribution in [0, 0.1) is 5.41 Å². The molecule has 1 unspecified atom stereocenters. The summed E-state index contributed by atoms with van der Waals surface area (Å²) < 4.78 is 38.2. The third kappa shape index (κ3) is 5.52. The first-order chi connectivity index (χ1) is 11.1. The first kappa shape index (κ1) is 18.3. The Balaban J connectivity index is 2.02. The van der Waals surface area contributed by atoms with Gasteiger partial charge in [-0.1, -0.05) is 20.8 Å². The molecule has 1 N–H and O–H groups in total. The molecule has 0 aliphatic carbocycles. The Kier molecular flexibility index (Phi) is 5.48. The first-order valence-corrected chi connectivity index (χ1v) is 7.51. The van der Waals surface area contributed by atoms with E-state index in [1.54, 1.807) is 45.6 Å². The highest BCUT2D eigenvalue weighted by Gasteiger charge is 2.37. The lowest BCUT2D eigenvalue weighted by Crippen LogP contribution is -2.43. The van der Waals surface area contributed by atoms with Gasteiger partial charge in [0.05, 0.1) is 12.0 Å². The van der Waals surface area contributed by atoms with Crippen molar-refractivity contribution in [3.05, 3.63) is 36.7 Å². The minimum absolute atomic E-state index is 0.267. The van der Waals surface area contributed by atoms with E-state index < -0.39 is 24.1 Å². The van der Waals surface area contributed by atoms with Gasteiger partial charge in [0.1, 0.15) is 6.33 Å². The topological polar surface area (TPSA) is 63.6 Å². The van der Waals surface area contributed by atoms with E-state index in [1.165, 1.54) is 6.33 Å². The second-order valence-corrected chi connectivity index (χ2v) is 6.66. The molecule has 0 aromatic carbocycles. The van der Waals surface area contributed by atoms with Crippen LogP contribution in [0.25, 0.3) is 11.4 Å². The summed E-state index contributed by atoms with van der Waals surface area (Å²) in [4.78, 5) is 16.2. The van der Waals surface area contributed by atoms with Crippen molar-refractivity contribution in [2.75, 3.05) is 0 Å². The lowest BCUT2D eigenvalue weighted by atomic mass is 9.84. The largest absolute Gasteiger partial charge is 0.390 e. The molecule has 2 rings (SSSR count). The normalized spacial score (nSPS) is 13.8. The van der Waals surface area contributed by atoms with Crippen LogP contribution < -0.4 is 5.32 Å². The lowest BCUT2D eigenvalue weighted by Gasteiger charge is -2.32. The number of rotatable bonds is 5. The van der Waals surface area contributed by atoms with Gasteiger partial charge in [-0.3, -0.25) is 0 Å². The molecule has 1 atom stereocenters. The summed E-state index contributed by atoms with van der Waals surface area (Å²) in [5, 5.41) is 2.97. The summed E-state index contributed by atoms with van der Waals surface area (Å²) >= 11 is 0. The molecule has 0 fully saturated rings. The molecule has 8 heteroatoms. The predicted molar refractivity (Wildman–Crippen MR) is 83.8 cm³/mol. The monoisotopic (exact) mass is 339 g/mol. The van der Waals surface area contributed by atoms with Crippen molar-refractivity contribution in [3.8, 4) is 11.4 Å². The Morgan fingerprint density at radius 2 is 1.58 bits per heavy atom.